The van der Waals surface area contributed by atoms with Gasteiger partial charge in [0.25, 0.3) is 5.69 Å². The number of rotatable bonds is 8. The average Bonchev–Trinajstić information content (AvgIpc) is 3.08. The van der Waals surface area contributed by atoms with Crippen molar-refractivity contribution < 1.29 is 17.8 Å². The van der Waals surface area contributed by atoms with Gasteiger partial charge in [-0.05, 0) is 24.3 Å². The third kappa shape index (κ3) is 3.99. The van der Waals surface area contributed by atoms with Crippen LogP contribution in [0.3, 0.4) is 0 Å². The number of nitrogens with zero attached hydrogens (tertiary/aromatic N) is 3. The van der Waals surface area contributed by atoms with Crippen molar-refractivity contribution in [2.45, 2.75) is 25.3 Å². The zero-order chi connectivity index (χ0) is 18.6. The predicted molar refractivity (Wildman–Crippen MR) is 94.0 cm³/mol. The molecule has 0 bridgehead atoms. The molecule has 2 rings (SSSR count). The van der Waals surface area contributed by atoms with Crippen LogP contribution in [0, 0.1) is 10.1 Å². The first kappa shape index (κ1) is 18.9. The quantitative estimate of drug-likeness (QED) is 0.526. The third-order valence-corrected chi connectivity index (χ3v) is 5.92. The predicted octanol–water partition coefficient (Wildman–Crippen LogP) is 2.85. The van der Waals surface area contributed by atoms with E-state index in [9.17, 15) is 18.5 Å². The number of nitro benzene ring substituents is 1. The smallest absolute Gasteiger partial charge is 0.293 e. The summed E-state index contributed by atoms with van der Waals surface area (Å²) in [7, 11) is -2.07. The normalized spacial score (nSPS) is 11.7. The topological polar surface area (TPSA) is 96.9 Å². The molecule has 0 fully saturated rings. The molecule has 2 aromatic rings. The van der Waals surface area contributed by atoms with E-state index in [1.165, 1.54) is 22.7 Å². The minimum atomic E-state index is -3.76. The van der Waals surface area contributed by atoms with E-state index in [1.807, 2.05) is 0 Å². The summed E-state index contributed by atoms with van der Waals surface area (Å²) >= 11 is 0. The molecule has 136 valence electrons. The van der Waals surface area contributed by atoms with E-state index in [0.29, 0.717) is 31.1 Å². The van der Waals surface area contributed by atoms with Gasteiger partial charge in [0, 0.05) is 26.2 Å². The minimum Gasteiger partial charge on any atom is -0.467 e. The first-order chi connectivity index (χ1) is 11.8. The van der Waals surface area contributed by atoms with Crippen LogP contribution in [-0.2, 0) is 16.6 Å². The SMILES string of the molecule is CCN(CC)S(=O)(=O)c1ccc(N(C)Cc2ccco2)c([N+](=O)[O-])c1. The molecule has 1 heterocycles. The van der Waals surface area contributed by atoms with Crippen LogP contribution in [0.4, 0.5) is 11.4 Å². The van der Waals surface area contributed by atoms with Gasteiger partial charge in [0.05, 0.1) is 22.6 Å². The molecule has 0 spiro atoms. The van der Waals surface area contributed by atoms with Gasteiger partial charge >= 0.3 is 0 Å². The standard InChI is InChI=1S/C16H21N3O5S/c1-4-18(5-2)25(22,23)14-8-9-15(16(11-14)19(20)21)17(3)12-13-7-6-10-24-13/h6-11H,4-5,12H2,1-3H3. The Bertz CT molecular complexity index is 829. The number of hydrogen-bond acceptors (Lipinski definition) is 6. The second kappa shape index (κ2) is 7.66. The number of furan rings is 1. The molecule has 0 aliphatic rings. The number of nitro groups is 1. The number of hydrogen-bond donors (Lipinski definition) is 0. The maximum atomic E-state index is 12.6. The van der Waals surface area contributed by atoms with Crippen LogP contribution in [-0.4, -0.2) is 37.8 Å². The van der Waals surface area contributed by atoms with E-state index < -0.39 is 14.9 Å². The highest BCUT2D eigenvalue weighted by molar-refractivity contribution is 7.89. The van der Waals surface area contributed by atoms with Gasteiger partial charge in [0.2, 0.25) is 10.0 Å². The van der Waals surface area contributed by atoms with Gasteiger partial charge in [-0.2, -0.15) is 4.31 Å². The van der Waals surface area contributed by atoms with E-state index >= 15 is 0 Å². The van der Waals surface area contributed by atoms with Gasteiger partial charge in [-0.3, -0.25) is 10.1 Å². The van der Waals surface area contributed by atoms with Gasteiger partial charge in [-0.25, -0.2) is 8.42 Å². The lowest BCUT2D eigenvalue weighted by atomic mass is 10.2. The van der Waals surface area contributed by atoms with Crippen LogP contribution in [0.1, 0.15) is 19.6 Å². The van der Waals surface area contributed by atoms with E-state index in [2.05, 4.69) is 0 Å². The van der Waals surface area contributed by atoms with Gasteiger partial charge in [-0.15, -0.1) is 0 Å². The fourth-order valence-electron chi connectivity index (χ4n) is 2.57. The molecule has 0 aliphatic heterocycles. The molecule has 1 aromatic heterocycles. The second-order valence-electron chi connectivity index (χ2n) is 5.43. The molecule has 25 heavy (non-hydrogen) atoms. The molecular formula is C16H21N3O5S. The number of benzene rings is 1. The van der Waals surface area contributed by atoms with Crippen molar-refractivity contribution >= 4 is 21.4 Å². The van der Waals surface area contributed by atoms with Crippen LogP contribution in [0.2, 0.25) is 0 Å². The van der Waals surface area contributed by atoms with Crippen molar-refractivity contribution in [3.05, 3.63) is 52.5 Å². The Morgan fingerprint density at radius 2 is 1.88 bits per heavy atom. The zero-order valence-corrected chi connectivity index (χ0v) is 15.2. The largest absolute Gasteiger partial charge is 0.467 e. The molecule has 0 saturated heterocycles. The highest BCUT2D eigenvalue weighted by Gasteiger charge is 2.26. The van der Waals surface area contributed by atoms with E-state index in [4.69, 9.17) is 4.42 Å². The molecular weight excluding hydrogens is 346 g/mol. The maximum Gasteiger partial charge on any atom is 0.293 e. The summed E-state index contributed by atoms with van der Waals surface area (Å²) in [5.74, 6) is 0.650. The Kier molecular flexibility index (Phi) is 5.81. The summed E-state index contributed by atoms with van der Waals surface area (Å²) in [4.78, 5) is 12.4. The molecule has 0 saturated carbocycles. The average molecular weight is 367 g/mol. The summed E-state index contributed by atoms with van der Waals surface area (Å²) in [5.41, 5.74) is 0.0576. The monoisotopic (exact) mass is 367 g/mol. The Labute approximate surface area is 146 Å². The van der Waals surface area contributed by atoms with Crippen LogP contribution < -0.4 is 4.90 Å². The number of anilines is 1. The van der Waals surface area contributed by atoms with E-state index in [1.54, 1.807) is 37.9 Å². The Balaban J connectivity index is 2.42. The van der Waals surface area contributed by atoms with Crippen LogP contribution >= 0.6 is 0 Å². The molecule has 8 nitrogen and oxygen atoms in total. The second-order valence-corrected chi connectivity index (χ2v) is 7.37. The first-order valence-electron chi connectivity index (χ1n) is 7.83. The van der Waals surface area contributed by atoms with Crippen molar-refractivity contribution in [3.63, 3.8) is 0 Å². The van der Waals surface area contributed by atoms with Crippen molar-refractivity contribution in [2.24, 2.45) is 0 Å². The zero-order valence-electron chi connectivity index (χ0n) is 14.4. The lowest BCUT2D eigenvalue weighted by molar-refractivity contribution is -0.384. The van der Waals surface area contributed by atoms with Crippen LogP contribution in [0.15, 0.2) is 45.9 Å². The Morgan fingerprint density at radius 1 is 1.20 bits per heavy atom. The fraction of sp³-hybridized carbons (Fsp3) is 0.375. The molecule has 0 unspecified atom stereocenters. The van der Waals surface area contributed by atoms with E-state index in [-0.39, 0.29) is 10.6 Å². The summed E-state index contributed by atoms with van der Waals surface area (Å²) in [5, 5.41) is 11.5. The molecule has 0 atom stereocenters. The molecule has 0 N–H and O–H groups in total. The maximum absolute atomic E-state index is 12.6. The van der Waals surface area contributed by atoms with Crippen LogP contribution in [0.25, 0.3) is 0 Å². The Morgan fingerprint density at radius 3 is 2.40 bits per heavy atom. The lowest BCUT2D eigenvalue weighted by Crippen LogP contribution is -2.30. The molecule has 0 amide bonds. The summed E-state index contributed by atoms with van der Waals surface area (Å²) in [6.07, 6.45) is 1.53. The summed E-state index contributed by atoms with van der Waals surface area (Å²) in [6.45, 7) is 4.37. The van der Waals surface area contributed by atoms with Gasteiger partial charge < -0.3 is 9.32 Å². The van der Waals surface area contributed by atoms with Crippen LogP contribution in [0.5, 0.6) is 0 Å². The van der Waals surface area contributed by atoms with Gasteiger partial charge in [-0.1, -0.05) is 13.8 Å². The molecule has 0 aliphatic carbocycles. The first-order valence-corrected chi connectivity index (χ1v) is 9.27. The highest BCUT2D eigenvalue weighted by Crippen LogP contribution is 2.32. The van der Waals surface area contributed by atoms with Gasteiger partial charge in [0.1, 0.15) is 11.4 Å². The van der Waals surface area contributed by atoms with E-state index in [0.717, 1.165) is 6.07 Å². The minimum absolute atomic E-state index is 0.0851. The van der Waals surface area contributed by atoms with Gasteiger partial charge in [0.15, 0.2) is 0 Å². The molecule has 1 aromatic carbocycles. The van der Waals surface area contributed by atoms with Crippen molar-refractivity contribution in [1.82, 2.24) is 4.31 Å². The van der Waals surface area contributed by atoms with Crippen molar-refractivity contribution in [3.8, 4) is 0 Å². The lowest BCUT2D eigenvalue weighted by Gasteiger charge is -2.21. The number of sulfonamides is 1. The molecule has 9 heteroatoms. The highest BCUT2D eigenvalue weighted by atomic mass is 32.2. The third-order valence-electron chi connectivity index (χ3n) is 3.87. The van der Waals surface area contributed by atoms with Crippen molar-refractivity contribution in [2.75, 3.05) is 25.0 Å². The molecule has 0 radical (unpaired) electrons. The summed E-state index contributed by atoms with van der Waals surface area (Å²) in [6, 6.07) is 7.46. The summed E-state index contributed by atoms with van der Waals surface area (Å²) < 4.78 is 31.7. The Hall–Kier alpha value is -2.39. The van der Waals surface area contributed by atoms with Crippen molar-refractivity contribution in [1.29, 1.82) is 0 Å². The fourth-order valence-corrected chi connectivity index (χ4v) is 4.05.